The van der Waals surface area contributed by atoms with E-state index in [9.17, 15) is 4.79 Å². The van der Waals surface area contributed by atoms with Crippen molar-refractivity contribution >= 4 is 21.9 Å². The smallest absolute Gasteiger partial charge is 0.326 e. The van der Waals surface area contributed by atoms with Crippen molar-refractivity contribution in [1.82, 2.24) is 24.7 Å². The van der Waals surface area contributed by atoms with E-state index in [1.165, 1.54) is 16.5 Å². The van der Waals surface area contributed by atoms with Gasteiger partial charge < -0.3 is 9.97 Å². The fourth-order valence-electron chi connectivity index (χ4n) is 3.84. The Morgan fingerprint density at radius 1 is 1.13 bits per heavy atom. The number of fused-ring (bicyclic) bond motifs is 6. The monoisotopic (exact) mass is 307 g/mol. The molecule has 23 heavy (non-hydrogen) atoms. The summed E-state index contributed by atoms with van der Waals surface area (Å²) in [6.07, 6.45) is 3.18. The first-order valence-corrected chi connectivity index (χ1v) is 7.91. The second kappa shape index (κ2) is 4.16. The highest BCUT2D eigenvalue weighted by Gasteiger charge is 2.23. The third-order valence-corrected chi connectivity index (χ3v) is 5.09. The van der Waals surface area contributed by atoms with Gasteiger partial charge in [0.2, 0.25) is 0 Å². The van der Waals surface area contributed by atoms with E-state index in [-0.39, 0.29) is 5.69 Å². The first kappa shape index (κ1) is 12.8. The molecule has 3 heterocycles. The van der Waals surface area contributed by atoms with Gasteiger partial charge in [0.1, 0.15) is 5.69 Å². The fraction of sp³-hybridized carbons (Fsp3) is 0.294. The molecule has 1 aromatic carbocycles. The van der Waals surface area contributed by atoms with Gasteiger partial charge in [-0.2, -0.15) is 5.10 Å². The molecule has 0 saturated heterocycles. The quantitative estimate of drug-likeness (QED) is 0.466. The molecule has 0 spiro atoms. The summed E-state index contributed by atoms with van der Waals surface area (Å²) in [5.41, 5.74) is 8.71. The lowest BCUT2D eigenvalue weighted by Gasteiger charge is -1.99. The van der Waals surface area contributed by atoms with Crippen LogP contribution in [0.15, 0.2) is 16.9 Å². The van der Waals surface area contributed by atoms with Gasteiger partial charge in [0, 0.05) is 29.2 Å². The van der Waals surface area contributed by atoms with Crippen LogP contribution in [0.5, 0.6) is 0 Å². The molecule has 0 saturated carbocycles. The van der Waals surface area contributed by atoms with E-state index in [1.807, 2.05) is 0 Å². The number of benzene rings is 1. The van der Waals surface area contributed by atoms with Gasteiger partial charge in [0.05, 0.1) is 16.7 Å². The zero-order valence-corrected chi connectivity index (χ0v) is 13.1. The molecule has 0 atom stereocenters. The van der Waals surface area contributed by atoms with Gasteiger partial charge in [-0.1, -0.05) is 0 Å². The average Bonchev–Trinajstić information content (AvgIpc) is 3.10. The van der Waals surface area contributed by atoms with Crippen molar-refractivity contribution in [2.45, 2.75) is 26.2 Å². The highest BCUT2D eigenvalue weighted by atomic mass is 16.1. The minimum atomic E-state index is -0.0797. The second-order valence-corrected chi connectivity index (χ2v) is 6.41. The molecule has 6 heteroatoms. The standard InChI is InChI=1S/C17H17N5O/c1-8-9-4-3-5-10-11-6-13-14(22(2)17(23)19-13)7-12(11)18-15(10)16(9)21-20-8/h6-7,18H,3-5H2,1-2H3,(H,19,23)(H,20,21). The number of H-pyrrole nitrogens is 3. The molecule has 0 radical (unpaired) electrons. The maximum Gasteiger partial charge on any atom is 0.326 e. The van der Waals surface area contributed by atoms with Gasteiger partial charge in [-0.15, -0.1) is 0 Å². The number of nitrogens with zero attached hydrogens (tertiary/aromatic N) is 2. The van der Waals surface area contributed by atoms with Gasteiger partial charge in [-0.3, -0.25) is 9.67 Å². The lowest BCUT2D eigenvalue weighted by Crippen LogP contribution is -2.11. The van der Waals surface area contributed by atoms with Crippen LogP contribution in [0.2, 0.25) is 0 Å². The number of aromatic amines is 3. The van der Waals surface area contributed by atoms with E-state index in [4.69, 9.17) is 0 Å². The average molecular weight is 307 g/mol. The van der Waals surface area contributed by atoms with E-state index in [0.29, 0.717) is 0 Å². The molecule has 5 rings (SSSR count). The van der Waals surface area contributed by atoms with Crippen molar-refractivity contribution in [3.8, 4) is 11.4 Å². The maximum absolute atomic E-state index is 11.8. The van der Waals surface area contributed by atoms with Gasteiger partial charge >= 0.3 is 5.69 Å². The summed E-state index contributed by atoms with van der Waals surface area (Å²) >= 11 is 0. The minimum absolute atomic E-state index is 0.0797. The van der Waals surface area contributed by atoms with E-state index < -0.39 is 0 Å². The number of nitrogens with one attached hydrogen (secondary N) is 3. The number of aromatic nitrogens is 5. The van der Waals surface area contributed by atoms with Crippen molar-refractivity contribution in [2.24, 2.45) is 7.05 Å². The first-order valence-electron chi connectivity index (χ1n) is 7.91. The zero-order chi connectivity index (χ0) is 15.7. The second-order valence-electron chi connectivity index (χ2n) is 6.41. The van der Waals surface area contributed by atoms with Crippen LogP contribution >= 0.6 is 0 Å². The topological polar surface area (TPSA) is 82.3 Å². The Morgan fingerprint density at radius 3 is 2.83 bits per heavy atom. The molecule has 0 amide bonds. The van der Waals surface area contributed by atoms with E-state index in [2.05, 4.69) is 39.2 Å². The summed E-state index contributed by atoms with van der Waals surface area (Å²) < 4.78 is 1.64. The van der Waals surface area contributed by atoms with Crippen LogP contribution in [0.3, 0.4) is 0 Å². The normalized spacial score (nSPS) is 14.2. The predicted octanol–water partition coefficient (Wildman–Crippen LogP) is 2.54. The van der Waals surface area contributed by atoms with Gasteiger partial charge in [0.25, 0.3) is 0 Å². The zero-order valence-electron chi connectivity index (χ0n) is 13.1. The number of aryl methyl sites for hydroxylation is 3. The van der Waals surface area contributed by atoms with Gasteiger partial charge in [-0.25, -0.2) is 4.79 Å². The van der Waals surface area contributed by atoms with Crippen molar-refractivity contribution in [3.63, 3.8) is 0 Å². The highest BCUT2D eigenvalue weighted by molar-refractivity contribution is 5.99. The van der Waals surface area contributed by atoms with Crippen LogP contribution in [0.1, 0.15) is 23.2 Å². The minimum Gasteiger partial charge on any atom is -0.353 e. The Bertz CT molecular complexity index is 1140. The van der Waals surface area contributed by atoms with Crippen LogP contribution in [-0.2, 0) is 19.9 Å². The molecule has 0 aliphatic heterocycles. The predicted molar refractivity (Wildman–Crippen MR) is 89.7 cm³/mol. The largest absolute Gasteiger partial charge is 0.353 e. The number of hydrogen-bond donors (Lipinski definition) is 3. The summed E-state index contributed by atoms with van der Waals surface area (Å²) in [4.78, 5) is 18.3. The van der Waals surface area contributed by atoms with Crippen LogP contribution in [0.4, 0.5) is 0 Å². The molecule has 1 aliphatic rings. The van der Waals surface area contributed by atoms with Crippen LogP contribution in [0.25, 0.3) is 33.3 Å². The van der Waals surface area contributed by atoms with Gasteiger partial charge in [0.15, 0.2) is 0 Å². The lowest BCUT2D eigenvalue weighted by molar-refractivity contribution is 0.832. The summed E-state index contributed by atoms with van der Waals surface area (Å²) in [7, 11) is 1.79. The number of rotatable bonds is 0. The molecule has 0 bridgehead atoms. The molecular weight excluding hydrogens is 290 g/mol. The molecule has 3 N–H and O–H groups in total. The summed E-state index contributed by atoms with van der Waals surface area (Å²) in [5.74, 6) is 0. The number of imidazole rings is 1. The van der Waals surface area contributed by atoms with E-state index >= 15 is 0 Å². The Labute approximate surface area is 131 Å². The third-order valence-electron chi connectivity index (χ3n) is 5.09. The Hall–Kier alpha value is -2.76. The van der Waals surface area contributed by atoms with Crippen molar-refractivity contribution in [3.05, 3.63) is 39.4 Å². The molecular formula is C17H17N5O. The lowest BCUT2D eigenvalue weighted by atomic mass is 10.1. The molecule has 4 aromatic rings. The van der Waals surface area contributed by atoms with Crippen molar-refractivity contribution in [2.75, 3.05) is 0 Å². The maximum atomic E-state index is 11.8. The van der Waals surface area contributed by atoms with Crippen LogP contribution in [-0.4, -0.2) is 24.7 Å². The summed E-state index contributed by atoms with van der Waals surface area (Å²) in [5, 5.41) is 8.82. The summed E-state index contributed by atoms with van der Waals surface area (Å²) in [6.45, 7) is 2.08. The molecule has 3 aromatic heterocycles. The SMILES string of the molecule is Cc1[nH]nc2c1CCCc1c-2[nH]c2cc3c(cc12)[nH]c(=O)n3C. The molecule has 0 fully saturated rings. The fourth-order valence-corrected chi connectivity index (χ4v) is 3.84. The van der Waals surface area contributed by atoms with E-state index in [0.717, 1.165) is 52.9 Å². The van der Waals surface area contributed by atoms with E-state index in [1.54, 1.807) is 11.6 Å². The van der Waals surface area contributed by atoms with Crippen molar-refractivity contribution in [1.29, 1.82) is 0 Å². The first-order chi connectivity index (χ1) is 11.1. The Balaban J connectivity index is 1.89. The Morgan fingerprint density at radius 2 is 1.96 bits per heavy atom. The molecule has 0 unspecified atom stereocenters. The Kier molecular flexibility index (Phi) is 2.30. The van der Waals surface area contributed by atoms with Gasteiger partial charge in [-0.05, 0) is 43.9 Å². The number of hydrogen-bond acceptors (Lipinski definition) is 2. The van der Waals surface area contributed by atoms with Crippen LogP contribution in [0, 0.1) is 6.92 Å². The molecule has 6 nitrogen and oxygen atoms in total. The molecule has 116 valence electrons. The third kappa shape index (κ3) is 1.58. The van der Waals surface area contributed by atoms with Crippen LogP contribution < -0.4 is 5.69 Å². The van der Waals surface area contributed by atoms with Crippen molar-refractivity contribution < 1.29 is 0 Å². The molecule has 1 aliphatic carbocycles. The summed E-state index contributed by atoms with van der Waals surface area (Å²) in [6, 6.07) is 4.14. The highest BCUT2D eigenvalue weighted by Crippen LogP contribution is 2.37.